The Morgan fingerprint density at radius 1 is 0.760 bits per heavy atom. The molecule has 3 aromatic carbocycles. The van der Waals surface area contributed by atoms with Crippen molar-refractivity contribution in [3.8, 4) is 11.5 Å². The molecule has 0 bridgehead atoms. The number of phenolic OH excluding ortho intramolecular Hbond substituents is 2. The molecule has 0 saturated carbocycles. The van der Waals surface area contributed by atoms with E-state index in [1.165, 1.54) is 56.3 Å². The second-order valence-electron chi connectivity index (χ2n) is 18.9. The van der Waals surface area contributed by atoms with Crippen LogP contribution < -0.4 is 37.6 Å². The molecule has 0 unspecified atom stereocenters. The number of nitrogens with two attached hydrogens (primary N) is 1. The third kappa shape index (κ3) is 13.2. The van der Waals surface area contributed by atoms with Gasteiger partial charge in [-0.25, -0.2) is 9.59 Å². The van der Waals surface area contributed by atoms with E-state index in [1.54, 1.807) is 26.0 Å². The summed E-state index contributed by atoms with van der Waals surface area (Å²) < 4.78 is 5.31. The van der Waals surface area contributed by atoms with Gasteiger partial charge in [0.1, 0.15) is 41.8 Å². The van der Waals surface area contributed by atoms with Crippen LogP contribution >= 0.6 is 0 Å². The Kier molecular flexibility index (Phi) is 17.9. The number of amides is 9. The second kappa shape index (κ2) is 24.0. The van der Waals surface area contributed by atoms with Crippen LogP contribution in [0.1, 0.15) is 121 Å². The number of phenols is 2. The molecule has 0 fully saturated rings. The lowest BCUT2D eigenvalue weighted by atomic mass is 9.73. The van der Waals surface area contributed by atoms with Crippen molar-refractivity contribution < 1.29 is 72.8 Å². The number of nitrogens with zero attached hydrogens (tertiary/aromatic N) is 1. The molecule has 0 saturated heterocycles. The molecule has 3 aliphatic rings. The van der Waals surface area contributed by atoms with E-state index in [-0.39, 0.29) is 104 Å². The Morgan fingerprint density at radius 2 is 1.43 bits per heavy atom. The van der Waals surface area contributed by atoms with Crippen molar-refractivity contribution in [2.75, 3.05) is 23.7 Å². The molecule has 9 amide bonds. The average Bonchev–Trinajstić information content (AvgIpc) is 3.69. The van der Waals surface area contributed by atoms with Crippen molar-refractivity contribution in [2.45, 2.75) is 116 Å². The molecule has 4 atom stereocenters. The number of unbranched alkanes of at least 4 members (excludes halogenated alkanes) is 2. The smallest absolute Gasteiger partial charge is 0.408 e. The first kappa shape index (κ1) is 55.8. The molecule has 0 radical (unpaired) electrons. The number of ether oxygens (including phenoxy) is 1. The van der Waals surface area contributed by atoms with Gasteiger partial charge in [0.05, 0.1) is 22.4 Å². The topological polar surface area (TPSA) is 359 Å². The van der Waals surface area contributed by atoms with E-state index in [1.807, 2.05) is 0 Å². The van der Waals surface area contributed by atoms with Gasteiger partial charge in [-0.3, -0.25) is 48.1 Å². The largest absolute Gasteiger partial charge is 0.507 e. The van der Waals surface area contributed by atoms with E-state index >= 15 is 0 Å². The van der Waals surface area contributed by atoms with Crippen molar-refractivity contribution >= 4 is 76.3 Å². The van der Waals surface area contributed by atoms with Crippen LogP contribution in [0, 0.1) is 5.92 Å². The summed E-state index contributed by atoms with van der Waals surface area (Å²) >= 11 is 0. The number of aromatic hydroxyl groups is 2. The monoisotopic (exact) mass is 1040 g/mol. The zero-order chi connectivity index (χ0) is 54.9. The summed E-state index contributed by atoms with van der Waals surface area (Å²) in [6.45, 7) is 6.03. The van der Waals surface area contributed by atoms with E-state index in [9.17, 15) is 68.1 Å². The number of ketones is 3. The molecule has 23 heteroatoms. The number of aliphatic hydroxyl groups is 1. The van der Waals surface area contributed by atoms with Gasteiger partial charge >= 0.3 is 12.1 Å². The number of carbonyl (C=O) groups excluding carboxylic acids is 11. The number of benzene rings is 3. The van der Waals surface area contributed by atoms with Gasteiger partial charge in [0, 0.05) is 60.5 Å². The number of anilines is 2. The van der Waals surface area contributed by atoms with Crippen LogP contribution in [0.4, 0.5) is 21.0 Å². The molecule has 0 spiro atoms. The first-order valence-electron chi connectivity index (χ1n) is 24.4. The Morgan fingerprint density at radius 3 is 2.08 bits per heavy atom. The standard InChI is InChI=1S/C52H60N8O15/c1-26(2)42(59-36(62)13-6-5-7-23-60-37(63)18-19-38(60)64)49(71)58-35(12-9-22-54-50(53)72)48(70)56-30-16-14-29(15-17-30)25-75-51(73)55-27(3)47(69)57-34-11-8-10-32-39(34)46(68)41-40(44(32)66)45(67)33-24-52(74,28(4)61)21-20-31(33)43(41)65/h8,10-11,14-19,26-27,35,42,65,67,74H,5-7,9,12-13,20-25H2,1-4H3,(H,55,73)(H,56,70)(H,57,69)(H,58,71)(H,59,62)(H3,53,54,72)/t27-,35-,42-,52+/m0/s1. The number of alkyl carbamates (subject to hydrolysis) is 1. The summed E-state index contributed by atoms with van der Waals surface area (Å²) in [5, 5.41) is 48.9. The molecule has 6 rings (SSSR count). The van der Waals surface area contributed by atoms with Crippen molar-refractivity contribution in [1.29, 1.82) is 0 Å². The minimum Gasteiger partial charge on any atom is -0.507 e. The number of fused-ring (bicyclic) bond motifs is 3. The molecule has 23 nitrogen and oxygen atoms in total. The summed E-state index contributed by atoms with van der Waals surface area (Å²) in [6.07, 6.45) is 2.72. The maximum Gasteiger partial charge on any atom is 0.408 e. The lowest BCUT2D eigenvalue weighted by Crippen LogP contribution is -2.54. The second-order valence-corrected chi connectivity index (χ2v) is 18.9. The molecule has 1 heterocycles. The third-order valence-electron chi connectivity index (χ3n) is 13.2. The summed E-state index contributed by atoms with van der Waals surface area (Å²) in [7, 11) is 0. The number of rotatable bonds is 22. The van der Waals surface area contributed by atoms with E-state index in [4.69, 9.17) is 10.5 Å². The minimum absolute atomic E-state index is 0.0213. The van der Waals surface area contributed by atoms with Crippen molar-refractivity contribution in [2.24, 2.45) is 11.7 Å². The van der Waals surface area contributed by atoms with Gasteiger partial charge in [0.15, 0.2) is 17.3 Å². The van der Waals surface area contributed by atoms with E-state index in [2.05, 4.69) is 31.9 Å². The highest BCUT2D eigenvalue weighted by atomic mass is 16.5. The lowest BCUT2D eigenvalue weighted by Gasteiger charge is -2.34. The number of hydrogen-bond acceptors (Lipinski definition) is 15. The van der Waals surface area contributed by atoms with Gasteiger partial charge < -0.3 is 57.7 Å². The minimum atomic E-state index is -1.84. The Hall–Kier alpha value is -8.47. The van der Waals surface area contributed by atoms with Gasteiger partial charge in [-0.1, -0.05) is 44.5 Å². The highest BCUT2D eigenvalue weighted by Crippen LogP contribution is 2.48. The molecule has 11 N–H and O–H groups in total. The molecule has 3 aromatic rings. The fourth-order valence-electron chi connectivity index (χ4n) is 8.89. The molecule has 2 aliphatic carbocycles. The Labute approximate surface area is 430 Å². The van der Waals surface area contributed by atoms with Gasteiger partial charge in [0.25, 0.3) is 11.8 Å². The summed E-state index contributed by atoms with van der Waals surface area (Å²) in [4.78, 5) is 142. The van der Waals surface area contributed by atoms with Crippen LogP contribution in [0.15, 0.2) is 54.6 Å². The number of carbonyl (C=O) groups is 11. The quantitative estimate of drug-likeness (QED) is 0.0307. The molecule has 398 valence electrons. The zero-order valence-electron chi connectivity index (χ0n) is 41.8. The highest BCUT2D eigenvalue weighted by Gasteiger charge is 2.44. The highest BCUT2D eigenvalue weighted by molar-refractivity contribution is 6.32. The molecule has 75 heavy (non-hydrogen) atoms. The van der Waals surface area contributed by atoms with Crippen molar-refractivity contribution in [1.82, 2.24) is 26.2 Å². The van der Waals surface area contributed by atoms with Crippen LogP contribution in [0.25, 0.3) is 0 Å². The third-order valence-corrected chi connectivity index (χ3v) is 13.2. The molecule has 1 aliphatic heterocycles. The number of imide groups is 1. The van der Waals surface area contributed by atoms with Crippen LogP contribution in [0.3, 0.4) is 0 Å². The Balaban J connectivity index is 1.01. The number of urea groups is 1. The van der Waals surface area contributed by atoms with Gasteiger partial charge in [-0.2, -0.15) is 0 Å². The summed E-state index contributed by atoms with van der Waals surface area (Å²) in [6, 6.07) is 5.99. The van der Waals surface area contributed by atoms with E-state index < -0.39 is 99.5 Å². The zero-order valence-corrected chi connectivity index (χ0v) is 41.8. The normalized spacial score (nSPS) is 16.7. The van der Waals surface area contributed by atoms with Crippen LogP contribution in [-0.2, 0) is 57.7 Å². The van der Waals surface area contributed by atoms with Crippen molar-refractivity contribution in [3.05, 3.63) is 93.6 Å². The lowest BCUT2D eigenvalue weighted by molar-refractivity contribution is -0.137. The van der Waals surface area contributed by atoms with Crippen LogP contribution in [0.5, 0.6) is 11.5 Å². The van der Waals surface area contributed by atoms with Crippen LogP contribution in [-0.4, -0.2) is 122 Å². The first-order chi connectivity index (χ1) is 35.5. The van der Waals surface area contributed by atoms with Crippen molar-refractivity contribution in [3.63, 3.8) is 0 Å². The first-order valence-corrected chi connectivity index (χ1v) is 24.4. The number of primary amides is 1. The number of Topliss-reactive ketones (excluding diaryl/α,β-unsaturated/α-hetero) is 1. The molecular formula is C52H60N8O15. The average molecular weight is 1040 g/mol. The predicted octanol–water partition coefficient (Wildman–Crippen LogP) is 2.43. The summed E-state index contributed by atoms with van der Waals surface area (Å²) in [5.41, 5.74) is 2.63. The number of hydrogen-bond donors (Lipinski definition) is 10. The molecule has 0 aromatic heterocycles. The maximum absolute atomic E-state index is 14.0. The van der Waals surface area contributed by atoms with Gasteiger partial charge in [-0.05, 0) is 82.1 Å². The molecular weight excluding hydrogens is 977 g/mol. The van der Waals surface area contributed by atoms with E-state index in [0.717, 1.165) is 4.90 Å². The Bertz CT molecular complexity index is 2840. The van der Waals surface area contributed by atoms with E-state index in [0.29, 0.717) is 30.5 Å². The SMILES string of the molecule is CC(=O)[C@@]1(O)CCc2c(O)c3c(c(O)c2C1)C(=O)c1cccc(NC(=O)[C@H](C)NC(=O)OCc2ccc(NC(=O)[C@H](CCCNC(N)=O)NC(=O)[C@@H](NC(=O)CCCCCN4C(=O)C=CC4=O)C(C)C)cc2)c1C3=O. The van der Waals surface area contributed by atoms with Gasteiger partial charge in [0.2, 0.25) is 23.6 Å². The maximum atomic E-state index is 14.0. The van der Waals surface area contributed by atoms with Crippen LogP contribution in [0.2, 0.25) is 0 Å². The summed E-state index contributed by atoms with van der Waals surface area (Å²) in [5.74, 6) is -7.10. The number of nitrogens with one attached hydrogen (secondary N) is 6. The predicted molar refractivity (Wildman–Crippen MR) is 267 cm³/mol. The fraction of sp³-hybridized carbons (Fsp3) is 0.404. The van der Waals surface area contributed by atoms with Gasteiger partial charge in [-0.15, -0.1) is 0 Å². The fourth-order valence-corrected chi connectivity index (χ4v) is 8.89.